The van der Waals surface area contributed by atoms with Gasteiger partial charge in [-0.15, -0.1) is 0 Å². The molecule has 1 N–H and O–H groups in total. The molecular weight excluding hydrogens is 198 g/mol. The van der Waals surface area contributed by atoms with Gasteiger partial charge in [0.1, 0.15) is 5.75 Å². The van der Waals surface area contributed by atoms with Gasteiger partial charge in [-0.25, -0.2) is 0 Å². The summed E-state index contributed by atoms with van der Waals surface area (Å²) in [6, 6.07) is 6.61. The fraction of sp³-hybridized carbons (Fsp3) is 0.571. The Morgan fingerprint density at radius 1 is 1.38 bits per heavy atom. The van der Waals surface area contributed by atoms with Crippen molar-refractivity contribution in [3.8, 4) is 5.75 Å². The van der Waals surface area contributed by atoms with E-state index in [-0.39, 0.29) is 0 Å². The fourth-order valence-corrected chi connectivity index (χ4v) is 3.56. The van der Waals surface area contributed by atoms with Crippen molar-refractivity contribution in [1.82, 2.24) is 4.90 Å². The number of aromatic hydroxyl groups is 1. The van der Waals surface area contributed by atoms with E-state index in [0.29, 0.717) is 23.6 Å². The minimum absolute atomic E-state index is 0.420. The summed E-state index contributed by atoms with van der Waals surface area (Å²) in [6.45, 7) is 3.55. The van der Waals surface area contributed by atoms with E-state index < -0.39 is 0 Å². The van der Waals surface area contributed by atoms with Gasteiger partial charge in [0.15, 0.2) is 0 Å². The molecule has 0 amide bonds. The lowest BCUT2D eigenvalue weighted by molar-refractivity contribution is 0.0991. The summed E-state index contributed by atoms with van der Waals surface area (Å²) in [6.07, 6.45) is 2.37. The number of fused-ring (bicyclic) bond motifs is 4. The third-order valence-corrected chi connectivity index (χ3v) is 4.56. The average molecular weight is 217 g/mol. The molecule has 1 saturated heterocycles. The van der Waals surface area contributed by atoms with E-state index >= 15 is 0 Å². The minimum Gasteiger partial charge on any atom is -0.508 e. The van der Waals surface area contributed by atoms with Crippen LogP contribution in [0.5, 0.6) is 5.75 Å². The molecule has 1 aliphatic heterocycles. The highest BCUT2D eigenvalue weighted by Gasteiger charge is 2.39. The smallest absolute Gasteiger partial charge is 0.115 e. The zero-order valence-electron chi connectivity index (χ0n) is 9.98. The monoisotopic (exact) mass is 217 g/mol. The van der Waals surface area contributed by atoms with Gasteiger partial charge < -0.3 is 10.0 Å². The highest BCUT2D eigenvalue weighted by atomic mass is 16.3. The molecule has 2 bridgehead atoms. The van der Waals surface area contributed by atoms with E-state index in [1.165, 1.54) is 24.1 Å². The van der Waals surface area contributed by atoms with Gasteiger partial charge in [-0.2, -0.15) is 0 Å². The summed E-state index contributed by atoms with van der Waals surface area (Å²) in [7, 11) is 2.24. The highest BCUT2D eigenvalue weighted by Crippen LogP contribution is 2.44. The predicted molar refractivity (Wildman–Crippen MR) is 64.8 cm³/mol. The SMILES string of the molecule is C[C@@H]1[C@H]2Cc3ccc(O)cc3[C@@H]1CCN2C. The third-order valence-electron chi connectivity index (χ3n) is 4.56. The maximum absolute atomic E-state index is 9.61. The third kappa shape index (κ3) is 1.36. The van der Waals surface area contributed by atoms with E-state index in [4.69, 9.17) is 0 Å². The van der Waals surface area contributed by atoms with Crippen LogP contribution in [0.2, 0.25) is 0 Å². The molecule has 1 heterocycles. The molecule has 1 fully saturated rings. The zero-order valence-corrected chi connectivity index (χ0v) is 9.98. The number of piperidine rings is 1. The number of phenols is 1. The Morgan fingerprint density at radius 3 is 3.00 bits per heavy atom. The molecule has 2 aliphatic rings. The Kier molecular flexibility index (Phi) is 2.21. The van der Waals surface area contributed by atoms with Crippen LogP contribution in [-0.4, -0.2) is 29.6 Å². The zero-order chi connectivity index (χ0) is 11.3. The topological polar surface area (TPSA) is 23.5 Å². The summed E-state index contributed by atoms with van der Waals surface area (Å²) in [4.78, 5) is 2.50. The number of hydrogen-bond donors (Lipinski definition) is 1. The number of likely N-dealkylation sites (tertiary alicyclic amines) is 1. The summed E-state index contributed by atoms with van der Waals surface area (Å²) < 4.78 is 0. The van der Waals surface area contributed by atoms with E-state index in [0.717, 1.165) is 6.42 Å². The average Bonchev–Trinajstić information content (AvgIpc) is 2.25. The molecule has 2 nitrogen and oxygen atoms in total. The molecule has 1 aromatic rings. The van der Waals surface area contributed by atoms with Crippen LogP contribution < -0.4 is 0 Å². The maximum Gasteiger partial charge on any atom is 0.115 e. The second-order valence-corrected chi connectivity index (χ2v) is 5.39. The Labute approximate surface area is 96.9 Å². The van der Waals surface area contributed by atoms with Crippen molar-refractivity contribution in [2.24, 2.45) is 5.92 Å². The van der Waals surface area contributed by atoms with Crippen LogP contribution in [0.3, 0.4) is 0 Å². The first kappa shape index (κ1) is 10.2. The van der Waals surface area contributed by atoms with Crippen LogP contribution in [0.25, 0.3) is 0 Å². The van der Waals surface area contributed by atoms with Crippen molar-refractivity contribution in [2.45, 2.75) is 31.7 Å². The second kappa shape index (κ2) is 3.49. The van der Waals surface area contributed by atoms with E-state index in [9.17, 15) is 5.11 Å². The Morgan fingerprint density at radius 2 is 2.19 bits per heavy atom. The van der Waals surface area contributed by atoms with Gasteiger partial charge in [0.25, 0.3) is 0 Å². The largest absolute Gasteiger partial charge is 0.508 e. The fourth-order valence-electron chi connectivity index (χ4n) is 3.56. The standard InChI is InChI=1S/C14H19NO/c1-9-12-5-6-15(2)14(9)7-10-3-4-11(16)8-13(10)12/h3-4,8-9,12,14,16H,5-7H2,1-2H3/t9-,12+,14+/m0/s1. The summed E-state index contributed by atoms with van der Waals surface area (Å²) in [5.41, 5.74) is 2.84. The molecule has 3 atom stereocenters. The Bertz CT molecular complexity index is 415. The molecule has 3 rings (SSSR count). The van der Waals surface area contributed by atoms with Gasteiger partial charge in [0.05, 0.1) is 0 Å². The number of likely N-dealkylation sites (N-methyl/N-ethyl adjacent to an activating group) is 1. The summed E-state index contributed by atoms with van der Waals surface area (Å²) in [5, 5.41) is 9.61. The molecule has 16 heavy (non-hydrogen) atoms. The number of rotatable bonds is 0. The lowest BCUT2D eigenvalue weighted by Crippen LogP contribution is -2.49. The number of hydrogen-bond acceptors (Lipinski definition) is 2. The van der Waals surface area contributed by atoms with Crippen LogP contribution in [0, 0.1) is 5.92 Å². The number of benzene rings is 1. The molecular formula is C14H19NO. The van der Waals surface area contributed by atoms with Crippen molar-refractivity contribution in [3.63, 3.8) is 0 Å². The van der Waals surface area contributed by atoms with Crippen molar-refractivity contribution < 1.29 is 5.11 Å². The van der Waals surface area contributed by atoms with Crippen LogP contribution in [0.1, 0.15) is 30.4 Å². The Hall–Kier alpha value is -1.02. The molecule has 0 unspecified atom stereocenters. The lowest BCUT2D eigenvalue weighted by atomic mass is 9.69. The molecule has 0 radical (unpaired) electrons. The minimum atomic E-state index is 0.420. The van der Waals surface area contributed by atoms with Crippen molar-refractivity contribution in [2.75, 3.05) is 13.6 Å². The number of nitrogens with zero attached hydrogens (tertiary/aromatic N) is 1. The Balaban J connectivity index is 2.07. The van der Waals surface area contributed by atoms with Gasteiger partial charge in [-0.3, -0.25) is 0 Å². The van der Waals surface area contributed by atoms with E-state index in [1.807, 2.05) is 12.1 Å². The molecule has 2 heteroatoms. The van der Waals surface area contributed by atoms with Gasteiger partial charge in [-0.05, 0) is 61.5 Å². The van der Waals surface area contributed by atoms with Gasteiger partial charge >= 0.3 is 0 Å². The van der Waals surface area contributed by atoms with E-state index in [2.05, 4.69) is 24.9 Å². The molecule has 0 aromatic heterocycles. The van der Waals surface area contributed by atoms with Crippen LogP contribution >= 0.6 is 0 Å². The van der Waals surface area contributed by atoms with Crippen LogP contribution in [0.4, 0.5) is 0 Å². The molecule has 0 spiro atoms. The first-order valence-electron chi connectivity index (χ1n) is 6.19. The summed E-state index contributed by atoms with van der Waals surface area (Å²) in [5.74, 6) is 1.79. The molecule has 0 saturated carbocycles. The number of phenolic OH excluding ortho intramolecular Hbond substituents is 1. The second-order valence-electron chi connectivity index (χ2n) is 5.39. The molecule has 1 aromatic carbocycles. The predicted octanol–water partition coefficient (Wildman–Crippen LogP) is 2.37. The first-order chi connectivity index (χ1) is 7.66. The normalized spacial score (nSPS) is 33.5. The molecule has 86 valence electrons. The lowest BCUT2D eigenvalue weighted by Gasteiger charge is -2.47. The van der Waals surface area contributed by atoms with Crippen molar-refractivity contribution in [1.29, 1.82) is 0 Å². The highest BCUT2D eigenvalue weighted by molar-refractivity contribution is 5.41. The first-order valence-corrected chi connectivity index (χ1v) is 6.19. The van der Waals surface area contributed by atoms with Gasteiger partial charge in [0.2, 0.25) is 0 Å². The van der Waals surface area contributed by atoms with Gasteiger partial charge in [-0.1, -0.05) is 13.0 Å². The van der Waals surface area contributed by atoms with Gasteiger partial charge in [0, 0.05) is 6.04 Å². The quantitative estimate of drug-likeness (QED) is 0.721. The molecule has 1 aliphatic carbocycles. The van der Waals surface area contributed by atoms with E-state index in [1.54, 1.807) is 0 Å². The van der Waals surface area contributed by atoms with Crippen molar-refractivity contribution >= 4 is 0 Å². The summed E-state index contributed by atoms with van der Waals surface area (Å²) >= 11 is 0. The van der Waals surface area contributed by atoms with Crippen molar-refractivity contribution in [3.05, 3.63) is 29.3 Å². The van der Waals surface area contributed by atoms with Crippen LogP contribution in [-0.2, 0) is 6.42 Å². The maximum atomic E-state index is 9.61. The van der Waals surface area contributed by atoms with Crippen LogP contribution in [0.15, 0.2) is 18.2 Å².